The van der Waals surface area contributed by atoms with Crippen LogP contribution < -0.4 is 0 Å². The first-order valence-corrected chi connectivity index (χ1v) is 6.02. The Labute approximate surface area is 116 Å². The fraction of sp³-hybridized carbons (Fsp3) is 0.357. The smallest absolute Gasteiger partial charge is 0.307 e. The summed E-state index contributed by atoms with van der Waals surface area (Å²) in [7, 11) is 1.16. The third kappa shape index (κ3) is 5.51. The number of rotatable bonds is 7. The van der Waals surface area contributed by atoms with Gasteiger partial charge in [-0.2, -0.15) is 0 Å². The highest BCUT2D eigenvalue weighted by Crippen LogP contribution is 2.12. The summed E-state index contributed by atoms with van der Waals surface area (Å²) in [5.74, 6) is -3.70. The van der Waals surface area contributed by atoms with Gasteiger partial charge in [0.25, 0.3) is 0 Å². The minimum absolute atomic E-state index is 0.0736. The highest BCUT2D eigenvalue weighted by molar-refractivity contribution is 5.83. The number of carbonyl (C=O) groups is 3. The van der Waals surface area contributed by atoms with Crippen molar-refractivity contribution in [1.29, 1.82) is 0 Å². The summed E-state index contributed by atoms with van der Waals surface area (Å²) in [6.45, 7) is 0.0736. The molecule has 0 fully saturated rings. The number of methoxy groups -OCH3 is 1. The van der Waals surface area contributed by atoms with Gasteiger partial charge in [-0.15, -0.1) is 0 Å². The molecular formula is C14H16O6. The standard InChI is InChI=1S/C14H16O6/c1-19-12(15)7-11(14(17)18)8-13(16)20-9-10-5-3-2-4-6-10/h2-6,11H,7-9H2,1H3,(H,17,18)/t11-/m1/s1. The molecule has 1 aromatic rings. The van der Waals surface area contributed by atoms with Crippen molar-refractivity contribution >= 4 is 17.9 Å². The third-order valence-electron chi connectivity index (χ3n) is 2.65. The molecule has 1 aromatic carbocycles. The van der Waals surface area contributed by atoms with Gasteiger partial charge in [-0.05, 0) is 5.56 Å². The molecule has 6 heteroatoms. The summed E-state index contributed by atoms with van der Waals surface area (Å²) in [4.78, 5) is 33.6. The Hall–Kier alpha value is -2.37. The molecule has 0 amide bonds. The average Bonchev–Trinajstić information content (AvgIpc) is 2.45. The molecule has 0 bridgehead atoms. The minimum Gasteiger partial charge on any atom is -0.481 e. The number of carbonyl (C=O) groups excluding carboxylic acids is 2. The van der Waals surface area contributed by atoms with Gasteiger partial charge >= 0.3 is 17.9 Å². The quantitative estimate of drug-likeness (QED) is 0.759. The summed E-state index contributed by atoms with van der Waals surface area (Å²) in [5, 5.41) is 8.94. The van der Waals surface area contributed by atoms with Gasteiger partial charge in [0.05, 0.1) is 25.9 Å². The van der Waals surface area contributed by atoms with Crippen molar-refractivity contribution in [1.82, 2.24) is 0 Å². The second-order valence-corrected chi connectivity index (χ2v) is 4.17. The van der Waals surface area contributed by atoms with Gasteiger partial charge in [0.2, 0.25) is 0 Å². The summed E-state index contributed by atoms with van der Waals surface area (Å²) >= 11 is 0. The molecule has 0 aromatic heterocycles. The van der Waals surface area contributed by atoms with Crippen LogP contribution >= 0.6 is 0 Å². The first-order valence-electron chi connectivity index (χ1n) is 6.02. The van der Waals surface area contributed by atoms with E-state index >= 15 is 0 Å². The number of hydrogen-bond donors (Lipinski definition) is 1. The number of carboxylic acids is 1. The molecule has 1 N–H and O–H groups in total. The number of hydrogen-bond acceptors (Lipinski definition) is 5. The molecule has 1 rings (SSSR count). The fourth-order valence-corrected chi connectivity index (χ4v) is 1.53. The summed E-state index contributed by atoms with van der Waals surface area (Å²) in [5.41, 5.74) is 0.806. The zero-order chi connectivity index (χ0) is 15.0. The third-order valence-corrected chi connectivity index (χ3v) is 2.65. The largest absolute Gasteiger partial charge is 0.481 e. The van der Waals surface area contributed by atoms with Crippen molar-refractivity contribution in [2.75, 3.05) is 7.11 Å². The predicted molar refractivity (Wildman–Crippen MR) is 68.6 cm³/mol. The number of esters is 2. The van der Waals surface area contributed by atoms with Gasteiger partial charge in [-0.25, -0.2) is 0 Å². The van der Waals surface area contributed by atoms with Crippen molar-refractivity contribution in [2.45, 2.75) is 19.4 Å². The zero-order valence-electron chi connectivity index (χ0n) is 11.1. The van der Waals surface area contributed by atoms with Crippen LogP contribution in [0.3, 0.4) is 0 Å². The first kappa shape index (κ1) is 15.7. The molecule has 0 saturated carbocycles. The lowest BCUT2D eigenvalue weighted by molar-refractivity contribution is -0.155. The number of aliphatic carboxylic acids is 1. The van der Waals surface area contributed by atoms with E-state index in [4.69, 9.17) is 9.84 Å². The zero-order valence-corrected chi connectivity index (χ0v) is 11.1. The van der Waals surface area contributed by atoms with Crippen LogP contribution in [0.25, 0.3) is 0 Å². The average molecular weight is 280 g/mol. The summed E-state index contributed by atoms with van der Waals surface area (Å²) in [6, 6.07) is 9.02. The molecule has 20 heavy (non-hydrogen) atoms. The Morgan fingerprint density at radius 2 is 1.70 bits per heavy atom. The Kier molecular flexibility index (Phi) is 6.22. The van der Waals surface area contributed by atoms with Crippen molar-refractivity contribution in [2.24, 2.45) is 5.92 Å². The lowest BCUT2D eigenvalue weighted by atomic mass is 10.0. The van der Waals surface area contributed by atoms with Crippen molar-refractivity contribution in [3.8, 4) is 0 Å². The first-order chi connectivity index (χ1) is 9.52. The van der Waals surface area contributed by atoms with Gasteiger partial charge in [-0.3, -0.25) is 14.4 Å². The number of carboxylic acid groups (broad SMARTS) is 1. The second kappa shape index (κ2) is 7.93. The van der Waals surface area contributed by atoms with E-state index in [1.165, 1.54) is 0 Å². The van der Waals surface area contributed by atoms with Crippen LogP contribution in [-0.4, -0.2) is 30.1 Å². The molecule has 1 atom stereocenters. The Morgan fingerprint density at radius 1 is 1.10 bits per heavy atom. The van der Waals surface area contributed by atoms with E-state index in [-0.39, 0.29) is 19.4 Å². The molecule has 0 aliphatic heterocycles. The van der Waals surface area contributed by atoms with E-state index in [1.54, 1.807) is 24.3 Å². The Bertz CT molecular complexity index is 468. The van der Waals surface area contributed by atoms with Crippen LogP contribution in [0.4, 0.5) is 0 Å². The topological polar surface area (TPSA) is 89.9 Å². The van der Waals surface area contributed by atoms with Crippen LogP contribution in [-0.2, 0) is 30.5 Å². The van der Waals surface area contributed by atoms with E-state index in [2.05, 4.69) is 4.74 Å². The molecular weight excluding hydrogens is 264 g/mol. The second-order valence-electron chi connectivity index (χ2n) is 4.17. The highest BCUT2D eigenvalue weighted by Gasteiger charge is 2.25. The molecule has 108 valence electrons. The maximum Gasteiger partial charge on any atom is 0.307 e. The normalized spacial score (nSPS) is 11.4. The van der Waals surface area contributed by atoms with Crippen LogP contribution in [0, 0.1) is 5.92 Å². The van der Waals surface area contributed by atoms with Gasteiger partial charge < -0.3 is 14.6 Å². The lowest BCUT2D eigenvalue weighted by Crippen LogP contribution is -2.23. The molecule has 0 unspecified atom stereocenters. The number of benzene rings is 1. The number of ether oxygens (including phenoxy) is 2. The van der Waals surface area contributed by atoms with Gasteiger partial charge in [0.15, 0.2) is 0 Å². The van der Waals surface area contributed by atoms with Crippen LogP contribution in [0.5, 0.6) is 0 Å². The lowest BCUT2D eigenvalue weighted by Gasteiger charge is -2.10. The monoisotopic (exact) mass is 280 g/mol. The van der Waals surface area contributed by atoms with E-state index < -0.39 is 23.8 Å². The van der Waals surface area contributed by atoms with Crippen molar-refractivity contribution < 1.29 is 29.0 Å². The van der Waals surface area contributed by atoms with Crippen LogP contribution in [0.2, 0.25) is 0 Å². The van der Waals surface area contributed by atoms with E-state index in [0.29, 0.717) is 0 Å². The summed E-state index contributed by atoms with van der Waals surface area (Å²) in [6.07, 6.45) is -0.719. The highest BCUT2D eigenvalue weighted by atomic mass is 16.5. The Balaban J connectivity index is 2.46. The molecule has 0 aliphatic carbocycles. The van der Waals surface area contributed by atoms with Gasteiger partial charge in [0.1, 0.15) is 6.61 Å². The van der Waals surface area contributed by atoms with Gasteiger partial charge in [0, 0.05) is 0 Å². The Morgan fingerprint density at radius 3 is 2.25 bits per heavy atom. The molecule has 0 saturated heterocycles. The molecule has 0 aliphatic rings. The maximum atomic E-state index is 11.6. The SMILES string of the molecule is COC(=O)C[C@H](CC(=O)OCc1ccccc1)C(=O)O. The van der Waals surface area contributed by atoms with Crippen LogP contribution in [0.15, 0.2) is 30.3 Å². The van der Waals surface area contributed by atoms with E-state index in [0.717, 1.165) is 12.7 Å². The predicted octanol–water partition coefficient (Wildman–Crippen LogP) is 1.38. The molecule has 0 spiro atoms. The molecule has 0 radical (unpaired) electrons. The van der Waals surface area contributed by atoms with Crippen LogP contribution in [0.1, 0.15) is 18.4 Å². The minimum atomic E-state index is -1.23. The van der Waals surface area contributed by atoms with Crippen molar-refractivity contribution in [3.63, 3.8) is 0 Å². The maximum absolute atomic E-state index is 11.6. The van der Waals surface area contributed by atoms with E-state index in [1.807, 2.05) is 6.07 Å². The summed E-state index contributed by atoms with van der Waals surface area (Å²) < 4.78 is 9.36. The van der Waals surface area contributed by atoms with Crippen molar-refractivity contribution in [3.05, 3.63) is 35.9 Å². The fourth-order valence-electron chi connectivity index (χ4n) is 1.53. The molecule has 0 heterocycles. The molecule has 6 nitrogen and oxygen atoms in total. The van der Waals surface area contributed by atoms with Gasteiger partial charge in [-0.1, -0.05) is 30.3 Å². The van der Waals surface area contributed by atoms with E-state index in [9.17, 15) is 14.4 Å².